The largest absolute Gasteiger partial charge is 0.483 e. The summed E-state index contributed by atoms with van der Waals surface area (Å²) < 4.78 is 5.67. The summed E-state index contributed by atoms with van der Waals surface area (Å²) in [6, 6.07) is 13.4. The SMILES string of the molecule is CC(=O)c1ccc(O[C@@H](C)C(=O)c2ccc(NC(=O)C(C)(C)C)cc2)cc1. The second-order valence-electron chi connectivity index (χ2n) is 7.49. The lowest BCUT2D eigenvalue weighted by Gasteiger charge is -2.18. The highest BCUT2D eigenvalue weighted by atomic mass is 16.5. The van der Waals surface area contributed by atoms with Crippen LogP contribution in [-0.2, 0) is 4.79 Å². The molecular weight excluding hydrogens is 342 g/mol. The van der Waals surface area contributed by atoms with Crippen LogP contribution in [0, 0.1) is 5.41 Å². The summed E-state index contributed by atoms with van der Waals surface area (Å²) in [5, 5.41) is 2.82. The van der Waals surface area contributed by atoms with Crippen molar-refractivity contribution in [3.8, 4) is 5.75 Å². The van der Waals surface area contributed by atoms with Gasteiger partial charge in [-0.2, -0.15) is 0 Å². The Morgan fingerprint density at radius 2 is 1.41 bits per heavy atom. The Hall–Kier alpha value is -2.95. The predicted molar refractivity (Wildman–Crippen MR) is 105 cm³/mol. The summed E-state index contributed by atoms with van der Waals surface area (Å²) in [6.07, 6.45) is -0.678. The Kier molecular flexibility index (Phi) is 6.16. The van der Waals surface area contributed by atoms with Crippen LogP contribution in [0.25, 0.3) is 0 Å². The van der Waals surface area contributed by atoms with Gasteiger partial charge in [0.2, 0.25) is 11.7 Å². The van der Waals surface area contributed by atoms with Crippen LogP contribution in [0.3, 0.4) is 0 Å². The molecule has 0 unspecified atom stereocenters. The number of carbonyl (C=O) groups excluding carboxylic acids is 3. The Morgan fingerprint density at radius 1 is 0.889 bits per heavy atom. The number of rotatable bonds is 6. The summed E-state index contributed by atoms with van der Waals surface area (Å²) in [6.45, 7) is 8.68. The first kappa shape index (κ1) is 20.4. The molecule has 0 fully saturated rings. The molecule has 5 nitrogen and oxygen atoms in total. The first-order chi connectivity index (χ1) is 12.6. The maximum absolute atomic E-state index is 12.6. The zero-order valence-corrected chi connectivity index (χ0v) is 16.3. The summed E-state index contributed by atoms with van der Waals surface area (Å²) >= 11 is 0. The summed E-state index contributed by atoms with van der Waals surface area (Å²) in [4.78, 5) is 35.9. The molecule has 0 saturated carbocycles. The highest BCUT2D eigenvalue weighted by molar-refractivity contribution is 6.00. The maximum atomic E-state index is 12.6. The number of hydrogen-bond donors (Lipinski definition) is 1. The second-order valence-corrected chi connectivity index (χ2v) is 7.49. The van der Waals surface area contributed by atoms with Crippen LogP contribution in [0.2, 0.25) is 0 Å². The summed E-state index contributed by atoms with van der Waals surface area (Å²) in [5.41, 5.74) is 1.24. The number of benzene rings is 2. The van der Waals surface area contributed by atoms with Crippen molar-refractivity contribution in [2.24, 2.45) is 5.41 Å². The lowest BCUT2D eigenvalue weighted by atomic mass is 9.95. The number of nitrogens with one attached hydrogen (secondary N) is 1. The van der Waals surface area contributed by atoms with Gasteiger partial charge in [-0.1, -0.05) is 20.8 Å². The Labute approximate surface area is 159 Å². The van der Waals surface area contributed by atoms with Gasteiger partial charge in [0, 0.05) is 22.2 Å². The van der Waals surface area contributed by atoms with Gasteiger partial charge in [-0.3, -0.25) is 14.4 Å². The number of ketones is 2. The molecule has 27 heavy (non-hydrogen) atoms. The number of amides is 1. The molecule has 0 radical (unpaired) electrons. The molecule has 0 aliphatic heterocycles. The molecule has 1 amide bonds. The fourth-order valence-electron chi connectivity index (χ4n) is 2.30. The van der Waals surface area contributed by atoms with Gasteiger partial charge < -0.3 is 10.1 Å². The zero-order valence-electron chi connectivity index (χ0n) is 16.3. The van der Waals surface area contributed by atoms with E-state index in [-0.39, 0.29) is 17.5 Å². The molecule has 1 N–H and O–H groups in total. The van der Waals surface area contributed by atoms with E-state index in [1.54, 1.807) is 55.5 Å². The first-order valence-corrected chi connectivity index (χ1v) is 8.81. The molecule has 0 saturated heterocycles. The van der Waals surface area contributed by atoms with Gasteiger partial charge in [-0.05, 0) is 62.4 Å². The molecule has 0 bridgehead atoms. The minimum atomic E-state index is -0.678. The van der Waals surface area contributed by atoms with Crippen molar-refractivity contribution >= 4 is 23.2 Å². The average molecular weight is 367 g/mol. The van der Waals surface area contributed by atoms with E-state index in [9.17, 15) is 14.4 Å². The maximum Gasteiger partial charge on any atom is 0.229 e. The van der Waals surface area contributed by atoms with Crippen molar-refractivity contribution in [2.45, 2.75) is 40.7 Å². The summed E-state index contributed by atoms with van der Waals surface area (Å²) in [5.74, 6) is 0.242. The standard InChI is InChI=1S/C22H25NO4/c1-14(24)16-8-12-19(13-9-16)27-15(2)20(25)17-6-10-18(11-7-17)23-21(26)22(3,4)5/h6-13,15H,1-5H3,(H,23,26)/t15-/m0/s1. The van der Waals surface area contributed by atoms with Gasteiger partial charge in [0.25, 0.3) is 0 Å². The molecule has 5 heteroatoms. The molecule has 0 spiro atoms. The number of Topliss-reactive ketones (excluding diaryl/α,β-unsaturated/α-hetero) is 2. The zero-order chi connectivity index (χ0) is 20.2. The first-order valence-electron chi connectivity index (χ1n) is 8.81. The van der Waals surface area contributed by atoms with Crippen molar-refractivity contribution in [3.05, 3.63) is 59.7 Å². The third-order valence-electron chi connectivity index (χ3n) is 4.05. The number of carbonyl (C=O) groups is 3. The molecule has 142 valence electrons. The Bertz CT molecular complexity index is 830. The molecule has 0 aliphatic rings. The van der Waals surface area contributed by atoms with E-state index in [4.69, 9.17) is 4.74 Å². The molecule has 0 aliphatic carbocycles. The van der Waals surface area contributed by atoms with Crippen molar-refractivity contribution in [1.82, 2.24) is 0 Å². The van der Waals surface area contributed by atoms with E-state index in [0.29, 0.717) is 22.6 Å². The van der Waals surface area contributed by atoms with Crippen molar-refractivity contribution in [3.63, 3.8) is 0 Å². The van der Waals surface area contributed by atoms with Gasteiger partial charge in [0.15, 0.2) is 11.9 Å². The molecule has 0 aromatic heterocycles. The van der Waals surface area contributed by atoms with Crippen LogP contribution in [-0.4, -0.2) is 23.6 Å². The van der Waals surface area contributed by atoms with Crippen LogP contribution in [0.4, 0.5) is 5.69 Å². The van der Waals surface area contributed by atoms with Gasteiger partial charge in [0.1, 0.15) is 5.75 Å². The van der Waals surface area contributed by atoms with Gasteiger partial charge in [-0.25, -0.2) is 0 Å². The minimum absolute atomic E-state index is 0.0238. The highest BCUT2D eigenvalue weighted by Gasteiger charge is 2.21. The van der Waals surface area contributed by atoms with Gasteiger partial charge in [0.05, 0.1) is 0 Å². The molecule has 0 heterocycles. The second kappa shape index (κ2) is 8.16. The fourth-order valence-corrected chi connectivity index (χ4v) is 2.30. The third kappa shape index (κ3) is 5.51. The number of ether oxygens (including phenoxy) is 1. The topological polar surface area (TPSA) is 72.5 Å². The highest BCUT2D eigenvalue weighted by Crippen LogP contribution is 2.19. The monoisotopic (exact) mass is 367 g/mol. The van der Waals surface area contributed by atoms with Crippen LogP contribution < -0.4 is 10.1 Å². The van der Waals surface area contributed by atoms with E-state index >= 15 is 0 Å². The molecule has 2 rings (SSSR count). The lowest BCUT2D eigenvalue weighted by molar-refractivity contribution is -0.123. The van der Waals surface area contributed by atoms with E-state index in [1.807, 2.05) is 20.8 Å². The smallest absolute Gasteiger partial charge is 0.229 e. The Balaban J connectivity index is 2.02. The minimum Gasteiger partial charge on any atom is -0.483 e. The van der Waals surface area contributed by atoms with Crippen molar-refractivity contribution in [1.29, 1.82) is 0 Å². The molecule has 1 atom stereocenters. The quantitative estimate of drug-likeness (QED) is 0.762. The number of anilines is 1. The third-order valence-corrected chi connectivity index (χ3v) is 4.05. The lowest BCUT2D eigenvalue weighted by Crippen LogP contribution is -2.27. The van der Waals surface area contributed by atoms with E-state index < -0.39 is 11.5 Å². The van der Waals surface area contributed by atoms with Crippen LogP contribution in [0.5, 0.6) is 5.75 Å². The van der Waals surface area contributed by atoms with Crippen molar-refractivity contribution in [2.75, 3.05) is 5.32 Å². The molecular formula is C22H25NO4. The van der Waals surface area contributed by atoms with Crippen molar-refractivity contribution < 1.29 is 19.1 Å². The predicted octanol–water partition coefficient (Wildman–Crippen LogP) is 4.52. The molecule has 2 aromatic carbocycles. The van der Waals surface area contributed by atoms with E-state index in [0.717, 1.165) is 0 Å². The normalized spacial score (nSPS) is 12.2. The fraction of sp³-hybridized carbons (Fsp3) is 0.318. The average Bonchev–Trinajstić information content (AvgIpc) is 2.61. The Morgan fingerprint density at radius 3 is 1.89 bits per heavy atom. The van der Waals surface area contributed by atoms with Crippen LogP contribution in [0.1, 0.15) is 55.3 Å². The number of hydrogen-bond acceptors (Lipinski definition) is 4. The van der Waals surface area contributed by atoms with Gasteiger partial charge in [-0.15, -0.1) is 0 Å². The van der Waals surface area contributed by atoms with E-state index in [1.165, 1.54) is 6.92 Å². The van der Waals surface area contributed by atoms with Crippen LogP contribution >= 0.6 is 0 Å². The van der Waals surface area contributed by atoms with Gasteiger partial charge >= 0.3 is 0 Å². The van der Waals surface area contributed by atoms with Crippen LogP contribution in [0.15, 0.2) is 48.5 Å². The molecule has 2 aromatic rings. The summed E-state index contributed by atoms with van der Waals surface area (Å²) in [7, 11) is 0. The van der Waals surface area contributed by atoms with E-state index in [2.05, 4.69) is 5.32 Å².